The van der Waals surface area contributed by atoms with E-state index in [0.29, 0.717) is 5.69 Å². The van der Waals surface area contributed by atoms with Crippen LogP contribution in [-0.2, 0) is 20.2 Å². The minimum atomic E-state index is -4.31. The fourth-order valence-corrected chi connectivity index (χ4v) is 1.57. The summed E-state index contributed by atoms with van der Waals surface area (Å²) in [6.45, 7) is 0. The van der Waals surface area contributed by atoms with Crippen molar-refractivity contribution in [1.82, 2.24) is 5.53 Å². The minimum Gasteiger partial charge on any atom is -0.285 e. The van der Waals surface area contributed by atoms with Gasteiger partial charge in [-0.2, -0.15) is 21.9 Å². The maximum Gasteiger partial charge on any atom is 0.306 e. The lowest BCUT2D eigenvalue weighted by Gasteiger charge is -2.04. The van der Waals surface area contributed by atoms with Crippen molar-refractivity contribution in [2.75, 3.05) is 5.43 Å². The highest BCUT2D eigenvalue weighted by atomic mass is 32.2. The van der Waals surface area contributed by atoms with Crippen LogP contribution < -0.4 is 11.0 Å². The lowest BCUT2D eigenvalue weighted by molar-refractivity contribution is 0.483. The zero-order valence-electron chi connectivity index (χ0n) is 8.68. The van der Waals surface area contributed by atoms with Gasteiger partial charge >= 0.3 is 10.1 Å². The summed E-state index contributed by atoms with van der Waals surface area (Å²) < 4.78 is 58.9. The quantitative estimate of drug-likeness (QED) is 0.250. The Morgan fingerprint density at radius 3 is 2.06 bits per heavy atom. The largest absolute Gasteiger partial charge is 0.306 e. The Hall–Kier alpha value is -1.69. The Kier molecular flexibility index (Phi) is 4.24. The normalized spacial score (nSPS) is 12.6. The van der Waals surface area contributed by atoms with Gasteiger partial charge in [0.25, 0.3) is 10.1 Å². The van der Waals surface area contributed by atoms with Crippen molar-refractivity contribution >= 4 is 31.5 Å². The van der Waals surface area contributed by atoms with Crippen molar-refractivity contribution < 1.29 is 25.9 Å². The first-order valence-electron chi connectivity index (χ1n) is 4.27. The number of benzene rings is 1. The number of nitrogens with zero attached hydrogens (tertiary/aromatic N) is 1. The number of hydrazine groups is 1. The van der Waals surface area contributed by atoms with Gasteiger partial charge in [0.2, 0.25) is 0 Å². The van der Waals surface area contributed by atoms with Crippen LogP contribution in [-0.4, -0.2) is 31.5 Å². The second kappa shape index (κ2) is 5.30. The molecule has 18 heavy (non-hydrogen) atoms. The number of anilines is 1. The van der Waals surface area contributed by atoms with Crippen molar-refractivity contribution in [3.8, 4) is 0 Å². The molecule has 9 nitrogen and oxygen atoms in total. The van der Waals surface area contributed by atoms with Gasteiger partial charge in [-0.25, -0.2) is 5.53 Å². The van der Waals surface area contributed by atoms with E-state index < -0.39 is 20.2 Å². The van der Waals surface area contributed by atoms with Crippen molar-refractivity contribution in [2.24, 2.45) is 5.10 Å². The van der Waals surface area contributed by atoms with Crippen molar-refractivity contribution in [3.05, 3.63) is 24.3 Å². The van der Waals surface area contributed by atoms with E-state index in [9.17, 15) is 16.8 Å². The fourth-order valence-electron chi connectivity index (χ4n) is 0.900. The summed E-state index contributed by atoms with van der Waals surface area (Å²) in [5.41, 5.74) is 5.11. The van der Waals surface area contributed by atoms with Crippen LogP contribution in [0, 0.1) is 0 Å². The van der Waals surface area contributed by atoms with Crippen LogP contribution in [0.4, 0.5) is 5.69 Å². The number of hydrogen-bond donors (Lipinski definition) is 4. The molecule has 0 amide bonds. The van der Waals surface area contributed by atoms with Gasteiger partial charge in [0, 0.05) is 0 Å². The van der Waals surface area contributed by atoms with Gasteiger partial charge in [-0.3, -0.25) is 14.5 Å². The topological polar surface area (TPSA) is 145 Å². The van der Waals surface area contributed by atoms with Gasteiger partial charge in [-0.05, 0) is 24.3 Å². The molecule has 0 fully saturated rings. The lowest BCUT2D eigenvalue weighted by atomic mass is 10.3. The van der Waals surface area contributed by atoms with E-state index >= 15 is 0 Å². The molecular formula is C7H9N3O6S2. The molecule has 0 heterocycles. The molecule has 0 unspecified atom stereocenters. The molecule has 0 saturated heterocycles. The molecule has 0 aliphatic rings. The van der Waals surface area contributed by atoms with Crippen LogP contribution in [0.2, 0.25) is 0 Å². The third-order valence-electron chi connectivity index (χ3n) is 1.60. The Balaban J connectivity index is 2.63. The SMILES string of the molecule is O=S(=O)(O)C=NNNc1ccc(S(=O)(=O)O)cc1. The molecule has 0 spiro atoms. The number of hydrogen-bond acceptors (Lipinski definition) is 7. The second-order valence-electron chi connectivity index (χ2n) is 2.99. The zero-order valence-corrected chi connectivity index (χ0v) is 10.3. The number of rotatable bonds is 5. The fraction of sp³-hybridized carbons (Fsp3) is 0. The maximum atomic E-state index is 10.7. The van der Waals surface area contributed by atoms with Crippen LogP contribution in [0.5, 0.6) is 0 Å². The Labute approximate surface area is 103 Å². The molecule has 11 heteroatoms. The van der Waals surface area contributed by atoms with E-state index in [1.54, 1.807) is 0 Å². The average molecular weight is 295 g/mol. The average Bonchev–Trinajstić information content (AvgIpc) is 2.22. The molecule has 0 atom stereocenters. The summed E-state index contributed by atoms with van der Waals surface area (Å²) in [6.07, 6.45) is 0. The molecule has 4 N–H and O–H groups in total. The van der Waals surface area contributed by atoms with Crippen LogP contribution in [0.25, 0.3) is 0 Å². The molecule has 0 aliphatic carbocycles. The molecule has 1 rings (SSSR count). The molecule has 0 aliphatic heterocycles. The van der Waals surface area contributed by atoms with Gasteiger partial charge in [0.1, 0.15) is 0 Å². The van der Waals surface area contributed by atoms with E-state index in [-0.39, 0.29) is 10.4 Å². The van der Waals surface area contributed by atoms with E-state index in [2.05, 4.69) is 16.1 Å². The smallest absolute Gasteiger partial charge is 0.285 e. The summed E-state index contributed by atoms with van der Waals surface area (Å²) >= 11 is 0. The highest BCUT2D eigenvalue weighted by Gasteiger charge is 2.07. The number of hydrazone groups is 1. The molecule has 0 radical (unpaired) electrons. The van der Waals surface area contributed by atoms with Gasteiger partial charge in [-0.1, -0.05) is 0 Å². The van der Waals surface area contributed by atoms with Crippen LogP contribution in [0.1, 0.15) is 0 Å². The molecule has 100 valence electrons. The zero-order chi connectivity index (χ0) is 13.8. The highest BCUT2D eigenvalue weighted by Crippen LogP contribution is 2.12. The summed E-state index contributed by atoms with van der Waals surface area (Å²) in [6, 6.07) is 4.87. The molecule has 0 bridgehead atoms. The van der Waals surface area contributed by atoms with Crippen molar-refractivity contribution in [2.45, 2.75) is 4.90 Å². The lowest BCUT2D eigenvalue weighted by Crippen LogP contribution is -2.16. The van der Waals surface area contributed by atoms with E-state index in [0.717, 1.165) is 12.1 Å². The van der Waals surface area contributed by atoms with E-state index in [1.165, 1.54) is 12.1 Å². The van der Waals surface area contributed by atoms with Crippen LogP contribution >= 0.6 is 0 Å². The predicted octanol–water partition coefficient (Wildman–Crippen LogP) is -0.319. The Morgan fingerprint density at radius 1 is 1.06 bits per heavy atom. The predicted molar refractivity (Wildman–Crippen MR) is 63.1 cm³/mol. The van der Waals surface area contributed by atoms with Gasteiger partial charge in [0.05, 0.1) is 10.6 Å². The van der Waals surface area contributed by atoms with Crippen molar-refractivity contribution in [3.63, 3.8) is 0 Å². The molecule has 1 aromatic carbocycles. The first-order chi connectivity index (χ1) is 8.18. The van der Waals surface area contributed by atoms with E-state index in [1.807, 2.05) is 0 Å². The van der Waals surface area contributed by atoms with Gasteiger partial charge in [0.15, 0.2) is 5.55 Å². The first-order valence-corrected chi connectivity index (χ1v) is 7.22. The number of nitrogens with one attached hydrogen (secondary N) is 2. The van der Waals surface area contributed by atoms with E-state index in [4.69, 9.17) is 9.11 Å². The van der Waals surface area contributed by atoms with Gasteiger partial charge < -0.3 is 0 Å². The first kappa shape index (κ1) is 14.4. The molecule has 1 aromatic rings. The second-order valence-corrected chi connectivity index (χ2v) is 5.65. The molecule has 0 saturated carbocycles. The Morgan fingerprint density at radius 2 is 1.61 bits per heavy atom. The highest BCUT2D eigenvalue weighted by molar-refractivity contribution is 7.99. The standard InChI is InChI=1S/C7H9N3O6S2/c11-17(12,13)5-8-10-9-6-1-3-7(4-2-6)18(14,15)16/h1-5,9-10H,(H,11,12,13)(H,14,15,16). The summed E-state index contributed by atoms with van der Waals surface area (Å²) in [5, 5.41) is 3.12. The van der Waals surface area contributed by atoms with Crippen LogP contribution in [0.3, 0.4) is 0 Å². The van der Waals surface area contributed by atoms with Gasteiger partial charge in [-0.15, -0.1) is 0 Å². The molecule has 0 aromatic heterocycles. The minimum absolute atomic E-state index is 0.270. The summed E-state index contributed by atoms with van der Waals surface area (Å²) in [7, 11) is -8.57. The summed E-state index contributed by atoms with van der Waals surface area (Å²) in [5.74, 6) is 0. The maximum absolute atomic E-state index is 10.7. The summed E-state index contributed by atoms with van der Waals surface area (Å²) in [4.78, 5) is -0.283. The Bertz CT molecular complexity index is 634. The third-order valence-corrected chi connectivity index (χ3v) is 2.84. The molecular weight excluding hydrogens is 286 g/mol. The van der Waals surface area contributed by atoms with Crippen molar-refractivity contribution in [1.29, 1.82) is 0 Å². The van der Waals surface area contributed by atoms with Crippen LogP contribution in [0.15, 0.2) is 34.3 Å². The monoisotopic (exact) mass is 295 g/mol. The third kappa shape index (κ3) is 5.09.